The third kappa shape index (κ3) is 4.91. The van der Waals surface area contributed by atoms with Crippen LogP contribution in [0.15, 0.2) is 18.2 Å². The Morgan fingerprint density at radius 3 is 2.70 bits per heavy atom. The van der Waals surface area contributed by atoms with Crippen LogP contribution in [-0.2, 0) is 9.59 Å². The first-order valence-corrected chi connectivity index (χ1v) is 6.67. The van der Waals surface area contributed by atoms with E-state index >= 15 is 0 Å². The van der Waals surface area contributed by atoms with E-state index in [9.17, 15) is 9.59 Å². The number of methoxy groups -OCH3 is 1. The Morgan fingerprint density at radius 2 is 2.10 bits per heavy atom. The van der Waals surface area contributed by atoms with Gasteiger partial charge in [-0.25, -0.2) is 0 Å². The molecular weight excluding hydrogens is 258 g/mol. The molecule has 5 nitrogen and oxygen atoms in total. The summed E-state index contributed by atoms with van der Waals surface area (Å²) in [4.78, 5) is 23.2. The smallest absolute Gasteiger partial charge is 0.303 e. The van der Waals surface area contributed by atoms with Gasteiger partial charge in [0.25, 0.3) is 0 Å². The first-order chi connectivity index (χ1) is 9.58. The number of ether oxygens (including phenoxy) is 1. The Hall–Kier alpha value is -2.04. The molecule has 0 unspecified atom stereocenters. The Labute approximate surface area is 119 Å². The summed E-state index contributed by atoms with van der Waals surface area (Å²) in [6.45, 7) is 2.52. The summed E-state index contributed by atoms with van der Waals surface area (Å²) in [5.41, 5.74) is 1.81. The molecule has 0 spiro atoms. The van der Waals surface area contributed by atoms with Crippen molar-refractivity contribution in [3.63, 3.8) is 0 Å². The van der Waals surface area contributed by atoms with Gasteiger partial charge in [0, 0.05) is 24.7 Å². The second-order valence-corrected chi connectivity index (χ2v) is 4.66. The fourth-order valence-electron chi connectivity index (χ4n) is 1.97. The topological polar surface area (TPSA) is 66.8 Å². The van der Waals surface area contributed by atoms with Crippen molar-refractivity contribution < 1.29 is 19.4 Å². The summed E-state index contributed by atoms with van der Waals surface area (Å²) in [6, 6.07) is 5.62. The molecule has 0 heterocycles. The lowest BCUT2D eigenvalue weighted by Crippen LogP contribution is -2.22. The minimum absolute atomic E-state index is 0.180. The zero-order valence-electron chi connectivity index (χ0n) is 12.0. The predicted octanol–water partition coefficient (Wildman–Crippen LogP) is 2.61. The maximum Gasteiger partial charge on any atom is 0.303 e. The lowest BCUT2D eigenvalue weighted by molar-refractivity contribution is -0.137. The summed E-state index contributed by atoms with van der Waals surface area (Å²) in [7, 11) is 1.60. The van der Waals surface area contributed by atoms with Crippen LogP contribution in [0.2, 0.25) is 0 Å². The number of aryl methyl sites for hydroxylation is 1. The number of carboxylic acid groups (broad SMARTS) is 1. The van der Waals surface area contributed by atoms with Crippen molar-refractivity contribution in [2.75, 3.05) is 18.6 Å². The number of amides is 1. The van der Waals surface area contributed by atoms with E-state index < -0.39 is 5.97 Å². The van der Waals surface area contributed by atoms with E-state index in [1.165, 1.54) is 0 Å². The van der Waals surface area contributed by atoms with Crippen molar-refractivity contribution in [1.82, 2.24) is 0 Å². The SMILES string of the molecule is COc1cc(N(C=O)CCCCCC(=O)O)ccc1C. The molecule has 110 valence electrons. The number of anilines is 1. The number of hydrogen-bond acceptors (Lipinski definition) is 3. The monoisotopic (exact) mass is 279 g/mol. The van der Waals surface area contributed by atoms with Crippen LogP contribution in [-0.4, -0.2) is 31.1 Å². The second kappa shape index (κ2) is 8.19. The highest BCUT2D eigenvalue weighted by Gasteiger charge is 2.08. The maximum absolute atomic E-state index is 11.2. The standard InChI is InChI=1S/C15H21NO4/c1-12-7-8-13(10-14(12)20-2)16(11-17)9-5-3-4-6-15(18)19/h7-8,10-11H,3-6,9H2,1-2H3,(H,18,19). The van der Waals surface area contributed by atoms with Gasteiger partial charge in [-0.15, -0.1) is 0 Å². The number of aliphatic carboxylic acids is 1. The van der Waals surface area contributed by atoms with Gasteiger partial charge in [0.15, 0.2) is 0 Å². The number of carboxylic acids is 1. The minimum Gasteiger partial charge on any atom is -0.496 e. The Morgan fingerprint density at radius 1 is 1.35 bits per heavy atom. The summed E-state index contributed by atoms with van der Waals surface area (Å²) < 4.78 is 5.24. The molecule has 0 atom stereocenters. The van der Waals surface area contributed by atoms with Crippen LogP contribution >= 0.6 is 0 Å². The number of hydrogen-bond donors (Lipinski definition) is 1. The van der Waals surface area contributed by atoms with Crippen LogP contribution in [0.25, 0.3) is 0 Å². The van der Waals surface area contributed by atoms with Crippen molar-refractivity contribution in [2.45, 2.75) is 32.6 Å². The van der Waals surface area contributed by atoms with Gasteiger partial charge in [0.05, 0.1) is 7.11 Å². The van der Waals surface area contributed by atoms with Crippen LogP contribution in [0.3, 0.4) is 0 Å². The molecule has 1 aromatic carbocycles. The molecule has 1 aromatic rings. The number of carbonyl (C=O) groups excluding carboxylic acids is 1. The van der Waals surface area contributed by atoms with E-state index in [0.717, 1.165) is 36.3 Å². The van der Waals surface area contributed by atoms with Gasteiger partial charge in [-0.3, -0.25) is 9.59 Å². The minimum atomic E-state index is -0.777. The molecule has 5 heteroatoms. The van der Waals surface area contributed by atoms with Crippen molar-refractivity contribution >= 4 is 18.1 Å². The predicted molar refractivity (Wildman–Crippen MR) is 77.2 cm³/mol. The average Bonchev–Trinajstić information content (AvgIpc) is 2.43. The van der Waals surface area contributed by atoms with Crippen molar-refractivity contribution in [3.8, 4) is 5.75 Å². The van der Waals surface area contributed by atoms with E-state index in [2.05, 4.69) is 0 Å². The summed E-state index contributed by atoms with van der Waals surface area (Å²) in [6.07, 6.45) is 3.18. The number of benzene rings is 1. The number of nitrogens with zero attached hydrogens (tertiary/aromatic N) is 1. The number of unbranched alkanes of at least 4 members (excludes halogenated alkanes) is 2. The van der Waals surface area contributed by atoms with Gasteiger partial charge >= 0.3 is 5.97 Å². The molecule has 1 rings (SSSR count). The zero-order valence-corrected chi connectivity index (χ0v) is 12.0. The molecular formula is C15H21NO4. The lowest BCUT2D eigenvalue weighted by atomic mass is 10.1. The van der Waals surface area contributed by atoms with Crippen molar-refractivity contribution in [1.29, 1.82) is 0 Å². The summed E-state index contributed by atoms with van der Waals surface area (Å²) in [5.74, 6) is -0.0271. The lowest BCUT2D eigenvalue weighted by Gasteiger charge is -2.18. The fraction of sp³-hybridized carbons (Fsp3) is 0.467. The van der Waals surface area contributed by atoms with Gasteiger partial charge in [-0.1, -0.05) is 12.5 Å². The van der Waals surface area contributed by atoms with E-state index in [1.54, 1.807) is 12.0 Å². The van der Waals surface area contributed by atoms with Crippen LogP contribution in [0.1, 0.15) is 31.2 Å². The van der Waals surface area contributed by atoms with E-state index in [-0.39, 0.29) is 6.42 Å². The number of rotatable bonds is 9. The zero-order chi connectivity index (χ0) is 15.0. The molecule has 0 saturated carbocycles. The van der Waals surface area contributed by atoms with E-state index in [1.807, 2.05) is 25.1 Å². The summed E-state index contributed by atoms with van der Waals surface area (Å²) >= 11 is 0. The molecule has 20 heavy (non-hydrogen) atoms. The normalized spacial score (nSPS) is 10.1. The molecule has 1 N–H and O–H groups in total. The highest BCUT2D eigenvalue weighted by Crippen LogP contribution is 2.24. The number of carbonyl (C=O) groups is 2. The first kappa shape index (κ1) is 16.0. The van der Waals surface area contributed by atoms with Gasteiger partial charge in [-0.05, 0) is 31.4 Å². The van der Waals surface area contributed by atoms with Gasteiger partial charge in [0.1, 0.15) is 5.75 Å². The van der Waals surface area contributed by atoms with Crippen molar-refractivity contribution in [3.05, 3.63) is 23.8 Å². The van der Waals surface area contributed by atoms with Gasteiger partial charge in [-0.2, -0.15) is 0 Å². The quantitative estimate of drug-likeness (QED) is 0.557. The molecule has 1 amide bonds. The second-order valence-electron chi connectivity index (χ2n) is 4.66. The summed E-state index contributed by atoms with van der Waals surface area (Å²) in [5, 5.41) is 8.55. The van der Waals surface area contributed by atoms with Gasteiger partial charge < -0.3 is 14.7 Å². The molecule has 0 aromatic heterocycles. The Kier molecular flexibility index (Phi) is 6.56. The molecule has 0 aliphatic heterocycles. The largest absolute Gasteiger partial charge is 0.496 e. The molecule has 0 aliphatic rings. The van der Waals surface area contributed by atoms with E-state index in [0.29, 0.717) is 13.0 Å². The highest BCUT2D eigenvalue weighted by atomic mass is 16.5. The first-order valence-electron chi connectivity index (χ1n) is 6.67. The molecule has 0 bridgehead atoms. The van der Waals surface area contributed by atoms with Crippen molar-refractivity contribution in [2.24, 2.45) is 0 Å². The molecule has 0 radical (unpaired) electrons. The van der Waals surface area contributed by atoms with Crippen LogP contribution < -0.4 is 9.64 Å². The molecule has 0 saturated heterocycles. The molecule has 0 aliphatic carbocycles. The van der Waals surface area contributed by atoms with Crippen LogP contribution in [0, 0.1) is 6.92 Å². The van der Waals surface area contributed by atoms with Crippen LogP contribution in [0.5, 0.6) is 5.75 Å². The van der Waals surface area contributed by atoms with Crippen LogP contribution in [0.4, 0.5) is 5.69 Å². The van der Waals surface area contributed by atoms with E-state index in [4.69, 9.17) is 9.84 Å². The third-order valence-corrected chi connectivity index (χ3v) is 3.14. The highest BCUT2D eigenvalue weighted by molar-refractivity contribution is 5.76. The Balaban J connectivity index is 2.53. The van der Waals surface area contributed by atoms with Gasteiger partial charge in [0.2, 0.25) is 6.41 Å². The fourth-order valence-corrected chi connectivity index (χ4v) is 1.97. The average molecular weight is 279 g/mol. The third-order valence-electron chi connectivity index (χ3n) is 3.14. The maximum atomic E-state index is 11.2. The molecule has 0 fully saturated rings. The Bertz CT molecular complexity index is 459.